The van der Waals surface area contributed by atoms with E-state index in [1.54, 1.807) is 48.8 Å². The van der Waals surface area contributed by atoms with E-state index < -0.39 is 0 Å². The molecule has 0 saturated carbocycles. The van der Waals surface area contributed by atoms with Gasteiger partial charge in [-0.15, -0.1) is 0 Å². The molecule has 0 atom stereocenters. The van der Waals surface area contributed by atoms with Crippen LogP contribution >= 0.6 is 0 Å². The van der Waals surface area contributed by atoms with Gasteiger partial charge in [0.25, 0.3) is 0 Å². The molecule has 27 heavy (non-hydrogen) atoms. The fraction of sp³-hybridized carbons (Fsp3) is 0.0500. The Morgan fingerprint density at radius 2 is 1.70 bits per heavy atom. The summed E-state index contributed by atoms with van der Waals surface area (Å²) < 4.78 is 26.8. The van der Waals surface area contributed by atoms with Crippen LogP contribution < -0.4 is 10.6 Å². The van der Waals surface area contributed by atoms with Gasteiger partial charge >= 0.3 is 0 Å². The second-order valence-corrected chi connectivity index (χ2v) is 5.87. The lowest BCUT2D eigenvalue weighted by Gasteiger charge is -2.10. The number of fused-ring (bicyclic) bond motifs is 1. The number of halogens is 2. The Labute approximate surface area is 154 Å². The molecule has 0 aliphatic rings. The second kappa shape index (κ2) is 7.33. The number of hydrogen-bond acceptors (Lipinski definition) is 5. The van der Waals surface area contributed by atoms with Gasteiger partial charge in [0, 0.05) is 18.9 Å². The predicted molar refractivity (Wildman–Crippen MR) is 101 cm³/mol. The molecule has 134 valence electrons. The molecule has 2 aromatic heterocycles. The molecule has 0 aliphatic carbocycles. The van der Waals surface area contributed by atoms with Gasteiger partial charge in [0.05, 0.1) is 16.6 Å². The average molecular weight is 363 g/mol. The summed E-state index contributed by atoms with van der Waals surface area (Å²) >= 11 is 0. The van der Waals surface area contributed by atoms with Crippen molar-refractivity contribution in [3.63, 3.8) is 0 Å². The lowest BCUT2D eigenvalue weighted by molar-refractivity contribution is 0.627. The van der Waals surface area contributed by atoms with Crippen molar-refractivity contribution >= 4 is 28.4 Å². The highest BCUT2D eigenvalue weighted by Crippen LogP contribution is 2.24. The zero-order valence-electron chi connectivity index (χ0n) is 14.2. The van der Waals surface area contributed by atoms with E-state index in [0.29, 0.717) is 34.9 Å². The molecule has 0 saturated heterocycles. The highest BCUT2D eigenvalue weighted by molar-refractivity contribution is 5.90. The minimum absolute atomic E-state index is 0.275. The third-order valence-corrected chi connectivity index (χ3v) is 4.00. The molecule has 2 heterocycles. The first-order valence-electron chi connectivity index (χ1n) is 8.31. The van der Waals surface area contributed by atoms with E-state index in [-0.39, 0.29) is 11.6 Å². The van der Waals surface area contributed by atoms with Crippen LogP contribution in [-0.4, -0.2) is 15.0 Å². The molecular weight excluding hydrogens is 348 g/mol. The van der Waals surface area contributed by atoms with E-state index in [2.05, 4.69) is 25.6 Å². The number of para-hydroxylation sites is 1. The molecular formula is C20H15F2N5. The van der Waals surface area contributed by atoms with Crippen molar-refractivity contribution in [1.82, 2.24) is 15.0 Å². The zero-order valence-corrected chi connectivity index (χ0v) is 14.2. The molecule has 0 fully saturated rings. The number of aromatic nitrogens is 3. The summed E-state index contributed by atoms with van der Waals surface area (Å²) in [5, 5.41) is 6.76. The second-order valence-electron chi connectivity index (χ2n) is 5.87. The molecule has 0 spiro atoms. The lowest BCUT2D eigenvalue weighted by atomic mass is 10.2. The highest BCUT2D eigenvalue weighted by Gasteiger charge is 2.08. The maximum absolute atomic E-state index is 13.9. The average Bonchev–Trinajstić information content (AvgIpc) is 2.69. The summed E-state index contributed by atoms with van der Waals surface area (Å²) in [6.07, 6.45) is 3.23. The van der Waals surface area contributed by atoms with Crippen molar-refractivity contribution in [1.29, 1.82) is 0 Å². The van der Waals surface area contributed by atoms with Gasteiger partial charge in [-0.25, -0.2) is 23.7 Å². The fourth-order valence-electron chi connectivity index (χ4n) is 2.61. The first kappa shape index (κ1) is 16.8. The Morgan fingerprint density at radius 3 is 2.52 bits per heavy atom. The summed E-state index contributed by atoms with van der Waals surface area (Å²) in [6.45, 7) is 0.469. The minimum atomic E-state index is -0.366. The van der Waals surface area contributed by atoms with Crippen molar-refractivity contribution in [3.05, 3.63) is 84.2 Å². The van der Waals surface area contributed by atoms with Gasteiger partial charge in [0.1, 0.15) is 17.5 Å². The predicted octanol–water partition coefficient (Wildman–Crippen LogP) is 4.66. The number of nitrogens with zero attached hydrogens (tertiary/aromatic N) is 3. The monoisotopic (exact) mass is 363 g/mol. The summed E-state index contributed by atoms with van der Waals surface area (Å²) in [5.74, 6) is 0.274. The normalized spacial score (nSPS) is 10.7. The minimum Gasteiger partial charge on any atom is -0.350 e. The van der Waals surface area contributed by atoms with Crippen molar-refractivity contribution in [2.24, 2.45) is 0 Å². The maximum Gasteiger partial charge on any atom is 0.223 e. The van der Waals surface area contributed by atoms with E-state index in [1.165, 1.54) is 18.2 Å². The van der Waals surface area contributed by atoms with Gasteiger partial charge in [0.2, 0.25) is 5.95 Å². The van der Waals surface area contributed by atoms with Crippen LogP contribution in [0.2, 0.25) is 0 Å². The molecule has 0 radical (unpaired) electrons. The number of benzene rings is 2. The van der Waals surface area contributed by atoms with Crippen molar-refractivity contribution in [3.8, 4) is 0 Å². The number of hydrogen-bond donors (Lipinski definition) is 2. The molecule has 0 unspecified atom stereocenters. The molecule has 2 N–H and O–H groups in total. The molecule has 4 aromatic rings. The van der Waals surface area contributed by atoms with E-state index in [9.17, 15) is 8.78 Å². The van der Waals surface area contributed by atoms with E-state index in [0.717, 1.165) is 5.56 Å². The number of pyridine rings is 1. The van der Waals surface area contributed by atoms with E-state index in [1.807, 2.05) is 0 Å². The van der Waals surface area contributed by atoms with Crippen LogP contribution in [0.4, 0.5) is 26.2 Å². The molecule has 5 nitrogen and oxygen atoms in total. The number of anilines is 3. The Balaban J connectivity index is 1.56. The maximum atomic E-state index is 13.9. The van der Waals surface area contributed by atoms with Crippen LogP contribution in [0.3, 0.4) is 0 Å². The third kappa shape index (κ3) is 3.82. The largest absolute Gasteiger partial charge is 0.350 e. The summed E-state index contributed by atoms with van der Waals surface area (Å²) in [7, 11) is 0. The first-order valence-corrected chi connectivity index (χ1v) is 8.31. The Morgan fingerprint density at radius 1 is 0.889 bits per heavy atom. The Kier molecular flexibility index (Phi) is 4.57. The first-order chi connectivity index (χ1) is 13.2. The van der Waals surface area contributed by atoms with E-state index >= 15 is 0 Å². The van der Waals surface area contributed by atoms with Gasteiger partial charge in [-0.05, 0) is 35.9 Å². The molecule has 4 rings (SSSR count). The summed E-state index contributed by atoms with van der Waals surface area (Å²) in [5.41, 5.74) is 1.91. The van der Waals surface area contributed by atoms with Gasteiger partial charge in [-0.2, -0.15) is 0 Å². The molecule has 0 bridgehead atoms. The number of nitrogens with one attached hydrogen (secondary N) is 2. The van der Waals surface area contributed by atoms with Crippen molar-refractivity contribution in [2.45, 2.75) is 6.54 Å². The lowest BCUT2D eigenvalue weighted by Crippen LogP contribution is -2.04. The van der Waals surface area contributed by atoms with Crippen LogP contribution in [0, 0.1) is 11.6 Å². The third-order valence-electron chi connectivity index (χ3n) is 4.00. The van der Waals surface area contributed by atoms with Crippen LogP contribution in [0.1, 0.15) is 5.56 Å². The molecule has 2 aromatic carbocycles. The van der Waals surface area contributed by atoms with Crippen LogP contribution in [0.5, 0.6) is 0 Å². The van der Waals surface area contributed by atoms with E-state index in [4.69, 9.17) is 0 Å². The van der Waals surface area contributed by atoms with Gasteiger partial charge in [-0.3, -0.25) is 0 Å². The Hall–Kier alpha value is -3.61. The standard InChI is InChI=1S/C20H15F2N5/c21-14-7-5-13(6-8-14)11-24-20-25-12-15-17(27-20)9-10-23-19(15)26-18-4-2-1-3-16(18)22/h1-10,12H,11H2,(H,23,26)(H,24,25,27). The highest BCUT2D eigenvalue weighted by atomic mass is 19.1. The van der Waals surface area contributed by atoms with Gasteiger partial charge in [-0.1, -0.05) is 24.3 Å². The molecule has 0 aliphatic heterocycles. The SMILES string of the molecule is Fc1ccc(CNc2ncc3c(Nc4ccccc4F)nccc3n2)cc1. The zero-order chi connectivity index (χ0) is 18.6. The topological polar surface area (TPSA) is 62.7 Å². The summed E-state index contributed by atoms with van der Waals surface area (Å²) in [4.78, 5) is 13.0. The van der Waals surface area contributed by atoms with Gasteiger partial charge in [0.15, 0.2) is 0 Å². The van der Waals surface area contributed by atoms with Crippen molar-refractivity contribution in [2.75, 3.05) is 10.6 Å². The summed E-state index contributed by atoms with van der Waals surface area (Å²) in [6, 6.07) is 14.3. The molecule has 7 heteroatoms. The van der Waals surface area contributed by atoms with Crippen LogP contribution in [-0.2, 0) is 6.54 Å². The quantitative estimate of drug-likeness (QED) is 0.540. The van der Waals surface area contributed by atoms with Gasteiger partial charge < -0.3 is 10.6 Å². The Bertz CT molecular complexity index is 1080. The van der Waals surface area contributed by atoms with Crippen molar-refractivity contribution < 1.29 is 8.78 Å². The number of rotatable bonds is 5. The van der Waals surface area contributed by atoms with Crippen LogP contribution in [0.25, 0.3) is 10.9 Å². The smallest absolute Gasteiger partial charge is 0.223 e. The fourth-order valence-corrected chi connectivity index (χ4v) is 2.61. The van der Waals surface area contributed by atoms with Crippen LogP contribution in [0.15, 0.2) is 67.0 Å². The molecule has 0 amide bonds.